The number of benzene rings is 1. The molecule has 0 amide bonds. The standard InChI is InChI=1S/C20H21N5OS2/c1-13-11-23-18(27-13)9-10-22-20(21-2)24-12-14-7-8-16(26-14)19-25-15-5-3-4-6-17(15)28-19/h3-8,11H,9-10,12H2,1-2H3,(H2,21,22,24). The van der Waals surface area contributed by atoms with Crippen LogP contribution in [0.15, 0.2) is 52.0 Å². The largest absolute Gasteiger partial charge is 0.457 e. The average molecular weight is 412 g/mol. The molecule has 8 heteroatoms. The minimum atomic E-state index is 0.556. The first-order valence-electron chi connectivity index (χ1n) is 9.02. The summed E-state index contributed by atoms with van der Waals surface area (Å²) in [6.45, 7) is 3.41. The number of aromatic nitrogens is 2. The molecule has 0 radical (unpaired) electrons. The van der Waals surface area contributed by atoms with Crippen molar-refractivity contribution in [2.24, 2.45) is 4.99 Å². The summed E-state index contributed by atoms with van der Waals surface area (Å²) in [6.07, 6.45) is 2.79. The van der Waals surface area contributed by atoms with E-state index in [-0.39, 0.29) is 0 Å². The van der Waals surface area contributed by atoms with E-state index in [1.165, 1.54) is 4.88 Å². The highest BCUT2D eigenvalue weighted by atomic mass is 32.1. The number of aliphatic imine (C=N–C) groups is 1. The number of rotatable bonds is 6. The van der Waals surface area contributed by atoms with Gasteiger partial charge in [0.1, 0.15) is 5.76 Å². The molecule has 2 N–H and O–H groups in total. The van der Waals surface area contributed by atoms with Gasteiger partial charge in [0, 0.05) is 31.1 Å². The van der Waals surface area contributed by atoms with E-state index in [0.717, 1.165) is 50.7 Å². The normalized spacial score (nSPS) is 11.9. The summed E-state index contributed by atoms with van der Waals surface area (Å²) in [4.78, 5) is 14.5. The fourth-order valence-electron chi connectivity index (χ4n) is 2.76. The summed E-state index contributed by atoms with van der Waals surface area (Å²) in [5.74, 6) is 2.37. The molecule has 0 atom stereocenters. The fraction of sp³-hybridized carbons (Fsp3) is 0.250. The van der Waals surface area contributed by atoms with Crippen LogP contribution >= 0.6 is 22.7 Å². The first-order valence-corrected chi connectivity index (χ1v) is 10.6. The summed E-state index contributed by atoms with van der Waals surface area (Å²) in [7, 11) is 1.76. The molecule has 1 aromatic carbocycles. The molecule has 0 aliphatic rings. The Kier molecular flexibility index (Phi) is 5.68. The lowest BCUT2D eigenvalue weighted by Gasteiger charge is -2.10. The number of thiazole rings is 2. The summed E-state index contributed by atoms with van der Waals surface area (Å²) in [5, 5.41) is 8.62. The van der Waals surface area contributed by atoms with Crippen LogP contribution in [0.2, 0.25) is 0 Å². The van der Waals surface area contributed by atoms with Gasteiger partial charge in [-0.3, -0.25) is 4.99 Å². The molecule has 6 nitrogen and oxygen atoms in total. The summed E-state index contributed by atoms with van der Waals surface area (Å²) >= 11 is 3.36. The van der Waals surface area contributed by atoms with E-state index in [9.17, 15) is 0 Å². The van der Waals surface area contributed by atoms with Crippen molar-refractivity contribution in [2.45, 2.75) is 19.9 Å². The SMILES string of the molecule is CN=C(NCCc1ncc(C)s1)NCc1ccc(-c2nc3ccccc3s2)o1. The highest BCUT2D eigenvalue weighted by molar-refractivity contribution is 7.21. The number of nitrogens with one attached hydrogen (secondary N) is 2. The third kappa shape index (κ3) is 4.40. The van der Waals surface area contributed by atoms with Crippen LogP contribution in [0.5, 0.6) is 0 Å². The summed E-state index contributed by atoms with van der Waals surface area (Å²) in [5.41, 5.74) is 0.999. The van der Waals surface area contributed by atoms with Gasteiger partial charge in [-0.15, -0.1) is 22.7 Å². The van der Waals surface area contributed by atoms with Crippen LogP contribution in [-0.2, 0) is 13.0 Å². The molecule has 4 rings (SSSR count). The Labute approximate surface area is 171 Å². The minimum absolute atomic E-state index is 0.556. The lowest BCUT2D eigenvalue weighted by atomic mass is 10.3. The number of furan rings is 1. The van der Waals surface area contributed by atoms with Gasteiger partial charge in [0.15, 0.2) is 16.7 Å². The predicted molar refractivity (Wildman–Crippen MR) is 116 cm³/mol. The van der Waals surface area contributed by atoms with Gasteiger partial charge in [0.25, 0.3) is 0 Å². The topological polar surface area (TPSA) is 75.3 Å². The molecule has 4 aromatic rings. The van der Waals surface area contributed by atoms with Gasteiger partial charge in [0.05, 0.1) is 21.8 Å². The Balaban J connectivity index is 1.31. The number of nitrogens with zero attached hydrogens (tertiary/aromatic N) is 3. The quantitative estimate of drug-likeness (QED) is 0.367. The number of hydrogen-bond acceptors (Lipinski definition) is 6. The minimum Gasteiger partial charge on any atom is -0.457 e. The Morgan fingerprint density at radius 3 is 2.82 bits per heavy atom. The molecular weight excluding hydrogens is 390 g/mol. The lowest BCUT2D eigenvalue weighted by Crippen LogP contribution is -2.37. The molecule has 0 aliphatic carbocycles. The van der Waals surface area contributed by atoms with Crippen LogP contribution in [0, 0.1) is 6.92 Å². The van der Waals surface area contributed by atoms with Crippen molar-refractivity contribution in [3.05, 3.63) is 58.2 Å². The fourth-order valence-corrected chi connectivity index (χ4v) is 4.48. The van der Waals surface area contributed by atoms with Crippen molar-refractivity contribution in [1.29, 1.82) is 0 Å². The number of hydrogen-bond donors (Lipinski definition) is 2. The Bertz CT molecular complexity index is 1060. The van der Waals surface area contributed by atoms with Crippen LogP contribution in [-0.4, -0.2) is 29.5 Å². The van der Waals surface area contributed by atoms with Gasteiger partial charge in [0.2, 0.25) is 0 Å². The van der Waals surface area contributed by atoms with E-state index < -0.39 is 0 Å². The maximum atomic E-state index is 5.97. The number of aryl methyl sites for hydroxylation is 1. The third-order valence-corrected chi connectivity index (χ3v) is 6.14. The van der Waals surface area contributed by atoms with Crippen molar-refractivity contribution in [1.82, 2.24) is 20.6 Å². The van der Waals surface area contributed by atoms with Crippen molar-refractivity contribution in [3.63, 3.8) is 0 Å². The predicted octanol–water partition coefficient (Wildman–Crippen LogP) is 4.23. The van der Waals surface area contributed by atoms with E-state index >= 15 is 0 Å². The molecule has 144 valence electrons. The molecule has 0 saturated heterocycles. The zero-order valence-corrected chi connectivity index (χ0v) is 17.4. The van der Waals surface area contributed by atoms with Gasteiger partial charge >= 0.3 is 0 Å². The zero-order chi connectivity index (χ0) is 19.3. The molecule has 28 heavy (non-hydrogen) atoms. The van der Waals surface area contributed by atoms with Gasteiger partial charge in [-0.05, 0) is 31.2 Å². The van der Waals surface area contributed by atoms with Gasteiger partial charge in [-0.1, -0.05) is 12.1 Å². The summed E-state index contributed by atoms with van der Waals surface area (Å²) in [6, 6.07) is 12.1. The first-order chi connectivity index (χ1) is 13.7. The van der Waals surface area contributed by atoms with Gasteiger partial charge < -0.3 is 15.1 Å². The second kappa shape index (κ2) is 8.53. The first kappa shape index (κ1) is 18.6. The van der Waals surface area contributed by atoms with Crippen molar-refractivity contribution >= 4 is 38.8 Å². The van der Waals surface area contributed by atoms with Gasteiger partial charge in [-0.25, -0.2) is 9.97 Å². The Morgan fingerprint density at radius 1 is 1.14 bits per heavy atom. The van der Waals surface area contributed by atoms with Gasteiger partial charge in [-0.2, -0.15) is 0 Å². The van der Waals surface area contributed by atoms with E-state index in [4.69, 9.17) is 4.42 Å². The Hall–Kier alpha value is -2.71. The lowest BCUT2D eigenvalue weighted by molar-refractivity contribution is 0.513. The molecule has 0 saturated carbocycles. The maximum Gasteiger partial charge on any atom is 0.191 e. The van der Waals surface area contributed by atoms with Crippen molar-refractivity contribution in [2.75, 3.05) is 13.6 Å². The number of para-hydroxylation sites is 1. The molecule has 3 aromatic heterocycles. The van der Waals surface area contributed by atoms with Crippen LogP contribution in [0.1, 0.15) is 15.6 Å². The van der Waals surface area contributed by atoms with Crippen LogP contribution in [0.4, 0.5) is 0 Å². The van der Waals surface area contributed by atoms with Crippen molar-refractivity contribution in [3.8, 4) is 10.8 Å². The summed E-state index contributed by atoms with van der Waals surface area (Å²) < 4.78 is 7.13. The highest BCUT2D eigenvalue weighted by Gasteiger charge is 2.11. The van der Waals surface area contributed by atoms with Crippen LogP contribution < -0.4 is 10.6 Å². The smallest absolute Gasteiger partial charge is 0.191 e. The Morgan fingerprint density at radius 2 is 2.04 bits per heavy atom. The van der Waals surface area contributed by atoms with Crippen LogP contribution in [0.25, 0.3) is 21.0 Å². The maximum absolute atomic E-state index is 5.97. The van der Waals surface area contributed by atoms with E-state index in [1.54, 1.807) is 29.7 Å². The van der Waals surface area contributed by atoms with Crippen LogP contribution in [0.3, 0.4) is 0 Å². The third-order valence-electron chi connectivity index (χ3n) is 4.12. The zero-order valence-electron chi connectivity index (χ0n) is 15.7. The second-order valence-electron chi connectivity index (χ2n) is 6.22. The molecule has 0 aliphatic heterocycles. The molecule has 3 heterocycles. The van der Waals surface area contributed by atoms with E-state index in [0.29, 0.717) is 6.54 Å². The average Bonchev–Trinajstić information content (AvgIpc) is 3.43. The molecule has 0 fully saturated rings. The molecule has 0 bridgehead atoms. The number of fused-ring (bicyclic) bond motifs is 1. The van der Waals surface area contributed by atoms with E-state index in [2.05, 4.69) is 38.6 Å². The molecule has 0 unspecified atom stereocenters. The monoisotopic (exact) mass is 411 g/mol. The van der Waals surface area contributed by atoms with E-state index in [1.807, 2.05) is 36.5 Å². The highest BCUT2D eigenvalue weighted by Crippen LogP contribution is 2.31. The second-order valence-corrected chi connectivity index (χ2v) is 8.57. The number of guanidine groups is 1. The molecule has 0 spiro atoms. The van der Waals surface area contributed by atoms with Crippen molar-refractivity contribution < 1.29 is 4.42 Å². The molecular formula is C20H21N5OS2.